The lowest BCUT2D eigenvalue weighted by Gasteiger charge is -2.30. The van der Waals surface area contributed by atoms with Crippen LogP contribution in [0.15, 0.2) is 24.3 Å². The second-order valence-electron chi connectivity index (χ2n) is 4.96. The number of carboxylic acids is 1. The molecule has 0 bridgehead atoms. The second kappa shape index (κ2) is 7.06. The maximum absolute atomic E-state index is 12.2. The number of ether oxygens (including phenoxy) is 1. The number of carbonyl (C=O) groups excluding carboxylic acids is 1. The van der Waals surface area contributed by atoms with E-state index in [1.807, 2.05) is 0 Å². The largest absolute Gasteiger partial charge is 0.481 e. The van der Waals surface area contributed by atoms with Gasteiger partial charge in [0.2, 0.25) is 0 Å². The molecule has 0 radical (unpaired) electrons. The summed E-state index contributed by atoms with van der Waals surface area (Å²) >= 11 is 0. The van der Waals surface area contributed by atoms with Crippen LogP contribution in [0.1, 0.15) is 12.8 Å². The summed E-state index contributed by atoms with van der Waals surface area (Å²) in [5, 5.41) is 11.6. The van der Waals surface area contributed by atoms with Crippen LogP contribution in [-0.2, 0) is 4.79 Å². The van der Waals surface area contributed by atoms with Crippen LogP contribution < -0.4 is 10.1 Å². The number of nitrogens with one attached hydrogen (secondary N) is 1. The Balaban J connectivity index is 1.98. The number of anilines is 1. The van der Waals surface area contributed by atoms with Crippen molar-refractivity contribution in [3.63, 3.8) is 0 Å². The fraction of sp³-hybridized carbons (Fsp3) is 0.429. The van der Waals surface area contributed by atoms with Gasteiger partial charge in [-0.2, -0.15) is 8.78 Å². The number of benzene rings is 1. The fourth-order valence-corrected chi connectivity index (χ4v) is 2.32. The quantitative estimate of drug-likeness (QED) is 0.895. The number of carboxylic acid groups (broad SMARTS) is 1. The number of rotatable bonds is 4. The Morgan fingerprint density at radius 1 is 1.41 bits per heavy atom. The van der Waals surface area contributed by atoms with E-state index < -0.39 is 24.5 Å². The van der Waals surface area contributed by atoms with Crippen molar-refractivity contribution in [1.29, 1.82) is 0 Å². The van der Waals surface area contributed by atoms with Gasteiger partial charge in [-0.15, -0.1) is 0 Å². The third-order valence-corrected chi connectivity index (χ3v) is 3.37. The van der Waals surface area contributed by atoms with Gasteiger partial charge in [0, 0.05) is 24.8 Å². The van der Waals surface area contributed by atoms with E-state index in [4.69, 9.17) is 5.11 Å². The van der Waals surface area contributed by atoms with Crippen molar-refractivity contribution in [3.05, 3.63) is 24.3 Å². The van der Waals surface area contributed by atoms with E-state index in [0.717, 1.165) is 0 Å². The molecule has 6 nitrogen and oxygen atoms in total. The molecule has 1 saturated heterocycles. The zero-order chi connectivity index (χ0) is 16.1. The molecule has 22 heavy (non-hydrogen) atoms. The smallest absolute Gasteiger partial charge is 0.387 e. The summed E-state index contributed by atoms with van der Waals surface area (Å²) in [6.07, 6.45) is 1.15. The number of amides is 2. The summed E-state index contributed by atoms with van der Waals surface area (Å²) in [4.78, 5) is 24.5. The lowest BCUT2D eigenvalue weighted by Crippen LogP contribution is -2.44. The van der Waals surface area contributed by atoms with E-state index in [2.05, 4.69) is 10.1 Å². The van der Waals surface area contributed by atoms with E-state index in [1.54, 1.807) is 0 Å². The summed E-state index contributed by atoms with van der Waals surface area (Å²) in [6, 6.07) is 5.18. The second-order valence-corrected chi connectivity index (χ2v) is 4.96. The molecule has 2 rings (SSSR count). The number of nitrogens with zero attached hydrogens (tertiary/aromatic N) is 1. The summed E-state index contributed by atoms with van der Waals surface area (Å²) in [7, 11) is 0. The monoisotopic (exact) mass is 314 g/mol. The molecule has 0 aromatic heterocycles. The first-order valence-electron chi connectivity index (χ1n) is 6.79. The molecule has 1 aromatic carbocycles. The molecule has 1 fully saturated rings. The molecule has 2 N–H and O–H groups in total. The number of halogens is 2. The third kappa shape index (κ3) is 4.31. The number of urea groups is 1. The number of piperidine rings is 1. The van der Waals surface area contributed by atoms with Crippen molar-refractivity contribution in [2.45, 2.75) is 19.5 Å². The minimum Gasteiger partial charge on any atom is -0.481 e. The predicted octanol–water partition coefficient (Wildman–Crippen LogP) is 2.62. The van der Waals surface area contributed by atoms with E-state index in [0.29, 0.717) is 25.1 Å². The Morgan fingerprint density at radius 2 is 2.18 bits per heavy atom. The van der Waals surface area contributed by atoms with Crippen molar-refractivity contribution >= 4 is 17.7 Å². The fourth-order valence-electron chi connectivity index (χ4n) is 2.32. The molecular weight excluding hydrogens is 298 g/mol. The molecular formula is C14H16F2N2O4. The van der Waals surface area contributed by atoms with Gasteiger partial charge in [0.1, 0.15) is 5.75 Å². The van der Waals surface area contributed by atoms with Crippen LogP contribution in [0, 0.1) is 5.92 Å². The van der Waals surface area contributed by atoms with Gasteiger partial charge in [-0.25, -0.2) is 4.79 Å². The summed E-state index contributed by atoms with van der Waals surface area (Å²) in [6.45, 7) is -2.35. The zero-order valence-corrected chi connectivity index (χ0v) is 11.7. The lowest BCUT2D eigenvalue weighted by molar-refractivity contribution is -0.143. The number of carbonyl (C=O) groups is 2. The zero-order valence-electron chi connectivity index (χ0n) is 11.7. The highest BCUT2D eigenvalue weighted by atomic mass is 19.3. The van der Waals surface area contributed by atoms with Crippen LogP contribution in [0.25, 0.3) is 0 Å². The van der Waals surface area contributed by atoms with Crippen LogP contribution in [0.4, 0.5) is 19.3 Å². The minimum absolute atomic E-state index is 0.0603. The number of hydrogen-bond acceptors (Lipinski definition) is 3. The minimum atomic E-state index is -2.94. The van der Waals surface area contributed by atoms with Crippen molar-refractivity contribution in [2.75, 3.05) is 18.4 Å². The first-order valence-corrected chi connectivity index (χ1v) is 6.79. The van der Waals surface area contributed by atoms with E-state index in [9.17, 15) is 18.4 Å². The standard InChI is InChI=1S/C14H16F2N2O4/c15-13(16)22-11-5-1-4-10(7-11)17-14(21)18-6-2-3-9(8-18)12(19)20/h1,4-5,7,9,13H,2-3,6,8H2,(H,17,21)(H,19,20). The molecule has 0 aliphatic carbocycles. The van der Waals surface area contributed by atoms with Crippen molar-refractivity contribution in [1.82, 2.24) is 4.90 Å². The Hall–Kier alpha value is -2.38. The Morgan fingerprint density at radius 3 is 2.86 bits per heavy atom. The molecule has 120 valence electrons. The van der Waals surface area contributed by atoms with E-state index in [-0.39, 0.29) is 12.3 Å². The van der Waals surface area contributed by atoms with E-state index in [1.165, 1.54) is 29.2 Å². The van der Waals surface area contributed by atoms with Crippen LogP contribution in [-0.4, -0.2) is 41.7 Å². The topological polar surface area (TPSA) is 78.9 Å². The number of hydrogen-bond donors (Lipinski definition) is 2. The Labute approximate surface area is 125 Å². The highest BCUT2D eigenvalue weighted by molar-refractivity contribution is 5.90. The first-order chi connectivity index (χ1) is 10.5. The predicted molar refractivity (Wildman–Crippen MR) is 74.0 cm³/mol. The maximum Gasteiger partial charge on any atom is 0.387 e. The van der Waals surface area contributed by atoms with Gasteiger partial charge in [-0.3, -0.25) is 4.79 Å². The van der Waals surface area contributed by atoms with Crippen molar-refractivity contribution < 1.29 is 28.2 Å². The van der Waals surface area contributed by atoms with Gasteiger partial charge < -0.3 is 20.1 Å². The van der Waals surface area contributed by atoms with Crippen LogP contribution in [0.5, 0.6) is 5.75 Å². The molecule has 8 heteroatoms. The lowest BCUT2D eigenvalue weighted by atomic mass is 9.99. The molecule has 1 aliphatic heterocycles. The maximum atomic E-state index is 12.2. The first kappa shape index (κ1) is 16.0. The molecule has 1 atom stereocenters. The number of aliphatic carboxylic acids is 1. The SMILES string of the molecule is O=C(O)C1CCCN(C(=O)Nc2cccc(OC(F)F)c2)C1. The van der Waals surface area contributed by atoms with Crippen LogP contribution in [0.3, 0.4) is 0 Å². The molecule has 1 aromatic rings. The number of alkyl halides is 2. The highest BCUT2D eigenvalue weighted by Gasteiger charge is 2.28. The van der Waals surface area contributed by atoms with Gasteiger partial charge in [-0.1, -0.05) is 6.07 Å². The normalized spacial score (nSPS) is 18.1. The van der Waals surface area contributed by atoms with Crippen molar-refractivity contribution in [3.8, 4) is 5.75 Å². The molecule has 0 spiro atoms. The Bertz CT molecular complexity index is 553. The molecule has 1 unspecified atom stereocenters. The molecule has 1 aliphatic rings. The van der Waals surface area contributed by atoms with Crippen molar-refractivity contribution in [2.24, 2.45) is 5.92 Å². The van der Waals surface area contributed by atoms with E-state index >= 15 is 0 Å². The Kier molecular flexibility index (Phi) is 5.13. The number of likely N-dealkylation sites (tertiary alicyclic amines) is 1. The average molecular weight is 314 g/mol. The summed E-state index contributed by atoms with van der Waals surface area (Å²) in [5.41, 5.74) is 0.306. The van der Waals surface area contributed by atoms with Gasteiger partial charge in [-0.05, 0) is 25.0 Å². The van der Waals surface area contributed by atoms with Gasteiger partial charge in [0.25, 0.3) is 0 Å². The molecule has 1 heterocycles. The third-order valence-electron chi connectivity index (χ3n) is 3.37. The van der Waals surface area contributed by atoms with Crippen LogP contribution in [0.2, 0.25) is 0 Å². The van der Waals surface area contributed by atoms with Gasteiger partial charge in [0.15, 0.2) is 0 Å². The summed E-state index contributed by atoms with van der Waals surface area (Å²) in [5.74, 6) is -1.56. The van der Waals surface area contributed by atoms with Gasteiger partial charge in [0.05, 0.1) is 5.92 Å². The van der Waals surface area contributed by atoms with Gasteiger partial charge >= 0.3 is 18.6 Å². The van der Waals surface area contributed by atoms with Crippen LogP contribution >= 0.6 is 0 Å². The average Bonchev–Trinajstić information content (AvgIpc) is 2.47. The molecule has 2 amide bonds. The highest BCUT2D eigenvalue weighted by Crippen LogP contribution is 2.21. The molecule has 0 saturated carbocycles. The summed E-state index contributed by atoms with van der Waals surface area (Å²) < 4.78 is 28.6.